The molecule has 0 spiro atoms. The molecule has 9 heteroatoms. The molecule has 0 radical (unpaired) electrons. The Morgan fingerprint density at radius 1 is 1.38 bits per heavy atom. The van der Waals surface area contributed by atoms with Gasteiger partial charge in [0.25, 0.3) is 0 Å². The molecule has 1 aromatic carbocycles. The van der Waals surface area contributed by atoms with E-state index in [4.69, 9.17) is 10.4 Å². The Kier molecular flexibility index (Phi) is 3.21. The van der Waals surface area contributed by atoms with Crippen molar-refractivity contribution in [3.05, 3.63) is 29.8 Å². The van der Waals surface area contributed by atoms with Crippen LogP contribution in [-0.2, 0) is 10.1 Å². The number of hydrogen-bond acceptors (Lipinski definition) is 4. The maximum Gasteiger partial charge on any atom is 0.384 e. The van der Waals surface area contributed by atoms with Crippen molar-refractivity contribution >= 4 is 21.0 Å². The van der Waals surface area contributed by atoms with Crippen LogP contribution in [0, 0.1) is 11.6 Å². The summed E-state index contributed by atoms with van der Waals surface area (Å²) in [5, 5.41) is -2.05. The number of nitrogens with zero attached hydrogens (tertiary/aromatic N) is 1. The van der Waals surface area contributed by atoms with Gasteiger partial charge < -0.3 is 0 Å². The van der Waals surface area contributed by atoms with Gasteiger partial charge in [0, 0.05) is 6.07 Å². The molecule has 0 heterocycles. The summed E-state index contributed by atoms with van der Waals surface area (Å²) in [4.78, 5) is 10.9. The molecule has 0 fully saturated rings. The molecule has 0 aromatic heterocycles. The molecule has 3 N–H and O–H groups in total. The molecule has 0 aliphatic heterocycles. The smallest absolute Gasteiger partial charge is 0.278 e. The Hall–Kier alpha value is -1.58. The molecule has 1 rings (SSSR count). The summed E-state index contributed by atoms with van der Waals surface area (Å²) < 4.78 is 54.7. The lowest BCUT2D eigenvalue weighted by atomic mass is 10.3. The van der Waals surface area contributed by atoms with Gasteiger partial charge in [-0.25, -0.2) is 19.6 Å². The third kappa shape index (κ3) is 2.51. The Labute approximate surface area is 89.0 Å². The second-order valence-corrected chi connectivity index (χ2v) is 4.01. The van der Waals surface area contributed by atoms with Gasteiger partial charge in [0.15, 0.2) is 5.82 Å². The molecule has 0 aliphatic carbocycles. The monoisotopic (exact) mass is 252 g/mol. The first kappa shape index (κ1) is 12.5. The van der Waals surface area contributed by atoms with E-state index >= 15 is 0 Å². The van der Waals surface area contributed by atoms with Crippen molar-refractivity contribution in [3.8, 4) is 0 Å². The van der Waals surface area contributed by atoms with Gasteiger partial charge in [-0.2, -0.15) is 8.42 Å². The van der Waals surface area contributed by atoms with Crippen molar-refractivity contribution in [2.45, 2.75) is 0 Å². The first-order valence-corrected chi connectivity index (χ1v) is 5.19. The van der Waals surface area contributed by atoms with E-state index in [1.165, 1.54) is 0 Å². The zero-order chi connectivity index (χ0) is 12.5. The molecule has 0 saturated heterocycles. The van der Waals surface area contributed by atoms with Crippen LogP contribution in [0.15, 0.2) is 18.2 Å². The Balaban J connectivity index is 3.16. The maximum atomic E-state index is 13.1. The molecule has 0 aliphatic rings. The fraction of sp³-hybridized carbons (Fsp3) is 0. The van der Waals surface area contributed by atoms with Gasteiger partial charge in [-0.05, 0) is 12.1 Å². The minimum atomic E-state index is -5.08. The van der Waals surface area contributed by atoms with Crippen molar-refractivity contribution in [3.63, 3.8) is 0 Å². The average molecular weight is 252 g/mol. The van der Waals surface area contributed by atoms with Crippen LogP contribution in [0.1, 0.15) is 0 Å². The van der Waals surface area contributed by atoms with Gasteiger partial charge in [0.05, 0.1) is 5.69 Å². The van der Waals surface area contributed by atoms with Crippen LogP contribution in [0.25, 0.3) is 0 Å². The molecule has 0 atom stereocenters. The number of hydrazine groups is 1. The van der Waals surface area contributed by atoms with Crippen LogP contribution in [0.2, 0.25) is 0 Å². The van der Waals surface area contributed by atoms with Gasteiger partial charge in [0.2, 0.25) is 0 Å². The summed E-state index contributed by atoms with van der Waals surface area (Å²) in [7, 11) is -5.08. The van der Waals surface area contributed by atoms with E-state index in [1.807, 2.05) is 0 Å². The van der Waals surface area contributed by atoms with Gasteiger partial charge in [-0.3, -0.25) is 9.35 Å². The highest BCUT2D eigenvalue weighted by atomic mass is 32.2. The topological polar surface area (TPSA) is 101 Å². The van der Waals surface area contributed by atoms with Crippen LogP contribution in [-0.4, -0.2) is 18.2 Å². The minimum absolute atomic E-state index is 0.135. The fourth-order valence-electron chi connectivity index (χ4n) is 0.899. The predicted octanol–water partition coefficient (Wildman–Crippen LogP) is 0.653. The minimum Gasteiger partial charge on any atom is -0.278 e. The third-order valence-corrected chi connectivity index (χ3v) is 2.22. The zero-order valence-corrected chi connectivity index (χ0v) is 8.41. The standard InChI is InChI=1S/C7H6F2N2O4S/c8-4-1-2-6(5(9)3-4)11(10)7(12)16(13,14)15/h1-3H,10H2,(H,13,14,15). The number of carbonyl (C=O) groups excluding carboxylic acids is 1. The molecule has 0 bridgehead atoms. The lowest BCUT2D eigenvalue weighted by Gasteiger charge is -2.14. The van der Waals surface area contributed by atoms with E-state index in [1.54, 1.807) is 0 Å². The average Bonchev–Trinajstić information content (AvgIpc) is 2.14. The lowest BCUT2D eigenvalue weighted by Crippen LogP contribution is -2.41. The molecule has 16 heavy (non-hydrogen) atoms. The second kappa shape index (κ2) is 4.12. The van der Waals surface area contributed by atoms with Crippen LogP contribution < -0.4 is 10.9 Å². The van der Waals surface area contributed by atoms with Crippen molar-refractivity contribution in [2.24, 2.45) is 5.84 Å². The third-order valence-electron chi connectivity index (χ3n) is 1.59. The summed E-state index contributed by atoms with van der Waals surface area (Å²) in [6.45, 7) is 0. The molecule has 1 amide bonds. The molecule has 0 unspecified atom stereocenters. The highest BCUT2D eigenvalue weighted by Crippen LogP contribution is 2.18. The van der Waals surface area contributed by atoms with Gasteiger partial charge >= 0.3 is 15.4 Å². The number of anilines is 1. The second-order valence-electron chi connectivity index (χ2n) is 2.71. The molecular formula is C7H6F2N2O4S. The molecule has 1 aromatic rings. The number of benzene rings is 1. The van der Waals surface area contributed by atoms with Crippen LogP contribution in [0.4, 0.5) is 19.3 Å². The SMILES string of the molecule is NN(C(=O)S(=O)(=O)O)c1ccc(F)cc1F. The normalized spacial score (nSPS) is 11.2. The van der Waals surface area contributed by atoms with Crippen LogP contribution >= 0.6 is 0 Å². The highest BCUT2D eigenvalue weighted by molar-refractivity contribution is 8.01. The number of halogens is 2. The Morgan fingerprint density at radius 3 is 2.38 bits per heavy atom. The van der Waals surface area contributed by atoms with Crippen LogP contribution in [0.5, 0.6) is 0 Å². The Morgan fingerprint density at radius 2 is 1.94 bits per heavy atom. The summed E-state index contributed by atoms with van der Waals surface area (Å²) in [6, 6.07) is 1.94. The fourth-order valence-corrected chi connectivity index (χ4v) is 1.25. The summed E-state index contributed by atoms with van der Waals surface area (Å²) in [6.07, 6.45) is 0. The van der Waals surface area contributed by atoms with Crippen molar-refractivity contribution in [1.29, 1.82) is 0 Å². The molecular weight excluding hydrogens is 246 g/mol. The van der Waals surface area contributed by atoms with E-state index < -0.39 is 32.7 Å². The summed E-state index contributed by atoms with van der Waals surface area (Å²) in [5.41, 5.74) is -0.677. The highest BCUT2D eigenvalue weighted by Gasteiger charge is 2.27. The van der Waals surface area contributed by atoms with E-state index in [9.17, 15) is 22.0 Å². The number of amides is 1. The van der Waals surface area contributed by atoms with E-state index in [0.29, 0.717) is 6.07 Å². The number of hydrogen-bond donors (Lipinski definition) is 2. The zero-order valence-electron chi connectivity index (χ0n) is 7.59. The first-order valence-electron chi connectivity index (χ1n) is 3.75. The van der Waals surface area contributed by atoms with Gasteiger partial charge in [0.1, 0.15) is 5.82 Å². The van der Waals surface area contributed by atoms with Crippen molar-refractivity contribution in [2.75, 3.05) is 5.01 Å². The first-order chi connectivity index (χ1) is 7.23. The molecule has 88 valence electrons. The van der Waals surface area contributed by atoms with E-state index in [-0.39, 0.29) is 5.01 Å². The predicted molar refractivity (Wildman–Crippen MR) is 50.0 cm³/mol. The largest absolute Gasteiger partial charge is 0.384 e. The quantitative estimate of drug-likeness (QED) is 0.331. The maximum absolute atomic E-state index is 13.1. The van der Waals surface area contributed by atoms with Gasteiger partial charge in [-0.15, -0.1) is 0 Å². The molecule has 6 nitrogen and oxygen atoms in total. The Bertz CT molecular complexity index is 531. The van der Waals surface area contributed by atoms with Crippen molar-refractivity contribution < 1.29 is 26.5 Å². The lowest BCUT2D eigenvalue weighted by molar-refractivity contribution is 0.260. The van der Waals surface area contributed by atoms with Crippen molar-refractivity contribution in [1.82, 2.24) is 0 Å². The van der Waals surface area contributed by atoms with E-state index in [2.05, 4.69) is 0 Å². The number of carbonyl (C=O) groups is 1. The van der Waals surface area contributed by atoms with E-state index in [0.717, 1.165) is 12.1 Å². The number of nitrogens with two attached hydrogens (primary N) is 1. The number of rotatable bonds is 1. The van der Waals surface area contributed by atoms with Gasteiger partial charge in [-0.1, -0.05) is 0 Å². The van der Waals surface area contributed by atoms with Crippen LogP contribution in [0.3, 0.4) is 0 Å². The summed E-state index contributed by atoms with van der Waals surface area (Å²) in [5.74, 6) is 2.80. The summed E-state index contributed by atoms with van der Waals surface area (Å²) >= 11 is 0. The molecule has 0 saturated carbocycles.